The summed E-state index contributed by atoms with van der Waals surface area (Å²) in [6.45, 7) is 0.608. The summed E-state index contributed by atoms with van der Waals surface area (Å²) in [6, 6.07) is 10.9. The number of carboxylic acid groups (broad SMARTS) is 1. The summed E-state index contributed by atoms with van der Waals surface area (Å²) >= 11 is 0. The molecule has 0 bridgehead atoms. The minimum Gasteiger partial charge on any atom is -0.493 e. The lowest BCUT2D eigenvalue weighted by Gasteiger charge is -2.14. The molecule has 2 aromatic rings. The van der Waals surface area contributed by atoms with Crippen molar-refractivity contribution < 1.29 is 23.8 Å². The average molecular weight is 343 g/mol. The van der Waals surface area contributed by atoms with E-state index >= 15 is 0 Å². The quantitative estimate of drug-likeness (QED) is 0.844. The number of rotatable bonds is 6. The van der Waals surface area contributed by atoms with E-state index in [0.29, 0.717) is 12.2 Å². The average Bonchev–Trinajstić information content (AvgIpc) is 3.04. The molecule has 1 amide bonds. The Kier molecular flexibility index (Phi) is 4.97. The highest BCUT2D eigenvalue weighted by Crippen LogP contribution is 2.26. The normalized spacial score (nSPS) is 13.6. The highest BCUT2D eigenvalue weighted by atomic mass is 19.1. The first-order valence-corrected chi connectivity index (χ1v) is 8.02. The van der Waals surface area contributed by atoms with Crippen molar-refractivity contribution in [2.45, 2.75) is 18.8 Å². The van der Waals surface area contributed by atoms with Gasteiger partial charge >= 0.3 is 5.97 Å². The second-order valence-corrected chi connectivity index (χ2v) is 5.96. The maximum atomic E-state index is 13.0. The van der Waals surface area contributed by atoms with Gasteiger partial charge in [0, 0.05) is 13.0 Å². The lowest BCUT2D eigenvalue weighted by atomic mass is 9.99. The molecule has 3 rings (SSSR count). The molecule has 2 N–H and O–H groups in total. The Labute approximate surface area is 144 Å². The molecule has 25 heavy (non-hydrogen) atoms. The third-order valence-electron chi connectivity index (χ3n) is 4.19. The third-order valence-corrected chi connectivity index (χ3v) is 4.19. The van der Waals surface area contributed by atoms with E-state index in [0.717, 1.165) is 23.3 Å². The first-order chi connectivity index (χ1) is 12.0. The maximum Gasteiger partial charge on any atom is 0.312 e. The van der Waals surface area contributed by atoms with Gasteiger partial charge in [0.1, 0.15) is 11.6 Å². The van der Waals surface area contributed by atoms with Gasteiger partial charge in [-0.1, -0.05) is 24.3 Å². The summed E-state index contributed by atoms with van der Waals surface area (Å²) in [6.07, 6.45) is 0.999. The molecule has 6 heteroatoms. The maximum absolute atomic E-state index is 13.0. The fourth-order valence-electron chi connectivity index (χ4n) is 2.86. The van der Waals surface area contributed by atoms with Crippen LogP contribution in [0.25, 0.3) is 0 Å². The minimum atomic E-state index is -1.07. The molecular weight excluding hydrogens is 325 g/mol. The fourth-order valence-corrected chi connectivity index (χ4v) is 2.86. The summed E-state index contributed by atoms with van der Waals surface area (Å²) in [5.41, 5.74) is 2.39. The number of carboxylic acids is 1. The molecule has 2 aromatic carbocycles. The van der Waals surface area contributed by atoms with Crippen molar-refractivity contribution >= 4 is 11.9 Å². The molecule has 0 aliphatic carbocycles. The van der Waals surface area contributed by atoms with Crippen LogP contribution in [0.1, 0.15) is 22.6 Å². The van der Waals surface area contributed by atoms with Crippen LogP contribution < -0.4 is 10.1 Å². The van der Waals surface area contributed by atoms with Crippen LogP contribution in [0.3, 0.4) is 0 Å². The molecule has 0 fully saturated rings. The number of halogens is 1. The van der Waals surface area contributed by atoms with Gasteiger partial charge in [0.05, 0.1) is 18.9 Å². The standard InChI is InChI=1S/C19H18FNO4/c20-15-4-2-13(3-5-15)16(19(23)24)11-21-18(22)10-12-1-6-17-14(9-12)7-8-25-17/h1-6,9,16H,7-8,10-11H2,(H,21,22)(H,23,24). The zero-order chi connectivity index (χ0) is 17.8. The second-order valence-electron chi connectivity index (χ2n) is 5.96. The molecular formula is C19H18FNO4. The van der Waals surface area contributed by atoms with Crippen LogP contribution in [0.2, 0.25) is 0 Å². The number of ether oxygens (including phenoxy) is 1. The van der Waals surface area contributed by atoms with Gasteiger partial charge in [-0.25, -0.2) is 4.39 Å². The number of nitrogens with one attached hydrogen (secondary N) is 1. The van der Waals surface area contributed by atoms with Crippen LogP contribution in [-0.4, -0.2) is 30.1 Å². The van der Waals surface area contributed by atoms with Crippen LogP contribution >= 0.6 is 0 Å². The topological polar surface area (TPSA) is 75.6 Å². The largest absolute Gasteiger partial charge is 0.493 e. The molecule has 1 atom stereocenters. The fraction of sp³-hybridized carbons (Fsp3) is 0.263. The number of aliphatic carboxylic acids is 1. The molecule has 130 valence electrons. The highest BCUT2D eigenvalue weighted by Gasteiger charge is 2.21. The molecule has 0 saturated heterocycles. The van der Waals surface area contributed by atoms with E-state index in [2.05, 4.69) is 5.32 Å². The number of amides is 1. The number of hydrogen-bond acceptors (Lipinski definition) is 3. The number of carbonyl (C=O) groups excluding carboxylic acids is 1. The van der Waals surface area contributed by atoms with Gasteiger partial charge < -0.3 is 15.2 Å². The Balaban J connectivity index is 1.60. The Morgan fingerprint density at radius 3 is 2.68 bits per heavy atom. The smallest absolute Gasteiger partial charge is 0.312 e. The van der Waals surface area contributed by atoms with Crippen LogP contribution in [0.15, 0.2) is 42.5 Å². The monoisotopic (exact) mass is 343 g/mol. The van der Waals surface area contributed by atoms with Crippen molar-refractivity contribution in [1.82, 2.24) is 5.32 Å². The first-order valence-electron chi connectivity index (χ1n) is 8.02. The van der Waals surface area contributed by atoms with Crippen molar-refractivity contribution in [2.75, 3.05) is 13.2 Å². The molecule has 1 unspecified atom stereocenters. The van der Waals surface area contributed by atoms with Gasteiger partial charge in [0.2, 0.25) is 5.91 Å². The zero-order valence-electron chi connectivity index (χ0n) is 13.5. The summed E-state index contributed by atoms with van der Waals surface area (Å²) in [4.78, 5) is 23.6. The van der Waals surface area contributed by atoms with Gasteiger partial charge in [0.25, 0.3) is 0 Å². The molecule has 0 spiro atoms. The Morgan fingerprint density at radius 1 is 1.20 bits per heavy atom. The Morgan fingerprint density at radius 2 is 1.96 bits per heavy atom. The van der Waals surface area contributed by atoms with Crippen LogP contribution in [-0.2, 0) is 22.4 Å². The van der Waals surface area contributed by atoms with E-state index in [1.54, 1.807) is 0 Å². The summed E-state index contributed by atoms with van der Waals surface area (Å²) < 4.78 is 18.4. The van der Waals surface area contributed by atoms with E-state index in [9.17, 15) is 19.1 Å². The van der Waals surface area contributed by atoms with Gasteiger partial charge in [-0.2, -0.15) is 0 Å². The third kappa shape index (κ3) is 4.15. The van der Waals surface area contributed by atoms with Crippen molar-refractivity contribution in [3.05, 3.63) is 65.0 Å². The summed E-state index contributed by atoms with van der Waals surface area (Å²) in [7, 11) is 0. The summed E-state index contributed by atoms with van der Waals surface area (Å²) in [5.74, 6) is -1.82. The van der Waals surface area contributed by atoms with Crippen LogP contribution in [0.5, 0.6) is 5.75 Å². The predicted octanol–water partition coefficient (Wildman–Crippen LogP) is 2.29. The number of carbonyl (C=O) groups is 2. The van der Waals surface area contributed by atoms with Crippen molar-refractivity contribution in [3.8, 4) is 5.75 Å². The van der Waals surface area contributed by atoms with E-state index in [-0.39, 0.29) is 18.9 Å². The van der Waals surface area contributed by atoms with Gasteiger partial charge in [-0.15, -0.1) is 0 Å². The van der Waals surface area contributed by atoms with Gasteiger partial charge in [0.15, 0.2) is 0 Å². The van der Waals surface area contributed by atoms with E-state index in [1.807, 2.05) is 18.2 Å². The summed E-state index contributed by atoms with van der Waals surface area (Å²) in [5, 5.41) is 12.0. The van der Waals surface area contributed by atoms with Crippen molar-refractivity contribution in [3.63, 3.8) is 0 Å². The van der Waals surface area contributed by atoms with E-state index in [1.165, 1.54) is 24.3 Å². The lowest BCUT2D eigenvalue weighted by molar-refractivity contribution is -0.138. The molecule has 0 aromatic heterocycles. The van der Waals surface area contributed by atoms with Crippen molar-refractivity contribution in [1.29, 1.82) is 0 Å². The van der Waals surface area contributed by atoms with Gasteiger partial charge in [-0.3, -0.25) is 9.59 Å². The number of benzene rings is 2. The minimum absolute atomic E-state index is 0.0478. The zero-order valence-corrected chi connectivity index (χ0v) is 13.5. The number of fused-ring (bicyclic) bond motifs is 1. The molecule has 5 nitrogen and oxygen atoms in total. The molecule has 1 heterocycles. The van der Waals surface area contributed by atoms with E-state index < -0.39 is 17.7 Å². The Hall–Kier alpha value is -2.89. The highest BCUT2D eigenvalue weighted by molar-refractivity contribution is 5.81. The molecule has 0 radical (unpaired) electrons. The first kappa shape index (κ1) is 17.0. The van der Waals surface area contributed by atoms with Gasteiger partial charge in [-0.05, 0) is 34.9 Å². The molecule has 1 aliphatic heterocycles. The van der Waals surface area contributed by atoms with Crippen molar-refractivity contribution in [2.24, 2.45) is 0 Å². The predicted molar refractivity (Wildman–Crippen MR) is 89.1 cm³/mol. The molecule has 1 aliphatic rings. The van der Waals surface area contributed by atoms with Crippen LogP contribution in [0, 0.1) is 5.82 Å². The van der Waals surface area contributed by atoms with Crippen LogP contribution in [0.4, 0.5) is 4.39 Å². The lowest BCUT2D eigenvalue weighted by Crippen LogP contribution is -2.32. The number of hydrogen-bond donors (Lipinski definition) is 2. The second kappa shape index (κ2) is 7.34. The Bertz CT molecular complexity index is 789. The SMILES string of the molecule is O=C(Cc1ccc2c(c1)CCO2)NCC(C(=O)O)c1ccc(F)cc1. The van der Waals surface area contributed by atoms with E-state index in [4.69, 9.17) is 4.74 Å². The molecule has 0 saturated carbocycles.